The second-order valence-electron chi connectivity index (χ2n) is 3.10. The van der Waals surface area contributed by atoms with E-state index in [1.165, 1.54) is 6.08 Å². The Morgan fingerprint density at radius 1 is 1.50 bits per heavy atom. The summed E-state index contributed by atoms with van der Waals surface area (Å²) in [5.41, 5.74) is 1.08. The normalized spacial score (nSPS) is 27.1. The van der Waals surface area contributed by atoms with Crippen molar-refractivity contribution in [1.82, 2.24) is 9.80 Å². The van der Waals surface area contributed by atoms with E-state index in [0.29, 0.717) is 0 Å². The fourth-order valence-corrected chi connectivity index (χ4v) is 1.54. The Kier molecular flexibility index (Phi) is 1.46. The number of likely N-dealkylation sites (N-methyl/N-ethyl adjacent to an activating group) is 1. The van der Waals surface area contributed by atoms with Crippen molar-refractivity contribution in [2.45, 2.75) is 13.1 Å². The smallest absolute Gasteiger partial charge is 0.158 e. The van der Waals surface area contributed by atoms with Crippen LogP contribution in [0.15, 0.2) is 36.1 Å². The monoisotopic (exact) mass is 166 g/mol. The van der Waals surface area contributed by atoms with Crippen LogP contribution in [-0.4, -0.2) is 23.0 Å². The second-order valence-corrected chi connectivity index (χ2v) is 3.10. The number of nitrogens with zero attached hydrogens (tertiary/aromatic N) is 2. The lowest BCUT2D eigenvalue weighted by Gasteiger charge is -2.29. The van der Waals surface area contributed by atoms with Crippen molar-refractivity contribution in [3.05, 3.63) is 36.1 Å². The molecule has 0 bridgehead atoms. The molecule has 2 rings (SSSR count). The first-order valence-corrected chi connectivity index (χ1v) is 3.93. The van der Waals surface area contributed by atoms with E-state index in [9.17, 15) is 4.39 Å². The van der Waals surface area contributed by atoms with Crippen LogP contribution in [0.5, 0.6) is 0 Å². The topological polar surface area (TPSA) is 6.48 Å². The summed E-state index contributed by atoms with van der Waals surface area (Å²) in [6, 6.07) is 0. The van der Waals surface area contributed by atoms with Gasteiger partial charge in [0.15, 0.2) is 6.17 Å². The predicted octanol–water partition coefficient (Wildman–Crippen LogP) is 1.80. The number of hydrogen-bond acceptors (Lipinski definition) is 2. The summed E-state index contributed by atoms with van der Waals surface area (Å²) in [4.78, 5) is 3.78. The maximum atomic E-state index is 13.3. The molecule has 1 atom stereocenters. The zero-order valence-corrected chi connectivity index (χ0v) is 7.16. The van der Waals surface area contributed by atoms with E-state index in [2.05, 4.69) is 0 Å². The lowest BCUT2D eigenvalue weighted by molar-refractivity contribution is 0.216. The molecule has 12 heavy (non-hydrogen) atoms. The van der Waals surface area contributed by atoms with Gasteiger partial charge in [-0.05, 0) is 19.1 Å². The quantitative estimate of drug-likeness (QED) is 0.541. The number of halogens is 1. The molecule has 2 aliphatic rings. The van der Waals surface area contributed by atoms with E-state index in [-0.39, 0.29) is 12.0 Å². The van der Waals surface area contributed by atoms with Crippen molar-refractivity contribution >= 4 is 0 Å². The maximum absolute atomic E-state index is 13.3. The molecule has 0 saturated carbocycles. The minimum atomic E-state index is -0.241. The molecule has 0 aliphatic carbocycles. The molecule has 3 heteroatoms. The fraction of sp³-hybridized carbons (Fsp3) is 0.333. The average molecular weight is 166 g/mol. The van der Waals surface area contributed by atoms with Crippen LogP contribution in [0.4, 0.5) is 4.39 Å². The van der Waals surface area contributed by atoms with Crippen molar-refractivity contribution in [2.24, 2.45) is 0 Å². The van der Waals surface area contributed by atoms with Gasteiger partial charge in [0.05, 0.1) is 0 Å². The van der Waals surface area contributed by atoms with E-state index in [1.807, 2.05) is 36.2 Å². The number of hydrogen-bond donors (Lipinski definition) is 0. The third-order valence-corrected chi connectivity index (χ3v) is 2.30. The van der Waals surface area contributed by atoms with Crippen LogP contribution in [0.2, 0.25) is 0 Å². The van der Waals surface area contributed by atoms with E-state index < -0.39 is 0 Å². The standard InChI is InChI=1S/C9H11FN2/c1-7-6-12-5-3-4-8(10)9(12)11(7)2/h3-6,9H,1-2H3. The van der Waals surface area contributed by atoms with E-state index in [0.717, 1.165) is 5.70 Å². The largest absolute Gasteiger partial charge is 0.351 e. The van der Waals surface area contributed by atoms with Crippen molar-refractivity contribution in [3.8, 4) is 0 Å². The molecule has 2 nitrogen and oxygen atoms in total. The van der Waals surface area contributed by atoms with Gasteiger partial charge in [0, 0.05) is 25.1 Å². The summed E-state index contributed by atoms with van der Waals surface area (Å²) < 4.78 is 13.3. The predicted molar refractivity (Wildman–Crippen MR) is 45.5 cm³/mol. The van der Waals surface area contributed by atoms with Gasteiger partial charge in [0.1, 0.15) is 5.83 Å². The van der Waals surface area contributed by atoms with Gasteiger partial charge in [0.25, 0.3) is 0 Å². The van der Waals surface area contributed by atoms with Gasteiger partial charge in [-0.2, -0.15) is 0 Å². The molecule has 0 aromatic rings. The van der Waals surface area contributed by atoms with Crippen molar-refractivity contribution < 1.29 is 4.39 Å². The molecule has 0 saturated heterocycles. The third kappa shape index (κ3) is 0.858. The summed E-state index contributed by atoms with van der Waals surface area (Å²) in [5.74, 6) is -0.104. The molecule has 0 amide bonds. The highest BCUT2D eigenvalue weighted by molar-refractivity contribution is 5.25. The molecule has 0 aromatic heterocycles. The van der Waals surface area contributed by atoms with E-state index in [4.69, 9.17) is 0 Å². The number of allylic oxidation sites excluding steroid dienone is 3. The molecule has 0 N–H and O–H groups in total. The van der Waals surface area contributed by atoms with Gasteiger partial charge in [-0.15, -0.1) is 0 Å². The maximum Gasteiger partial charge on any atom is 0.158 e. The minimum Gasteiger partial charge on any atom is -0.351 e. The Morgan fingerprint density at radius 3 is 2.92 bits per heavy atom. The zero-order chi connectivity index (χ0) is 8.72. The van der Waals surface area contributed by atoms with Crippen LogP contribution in [0.25, 0.3) is 0 Å². The molecule has 0 spiro atoms. The Balaban J connectivity index is 2.34. The van der Waals surface area contributed by atoms with Crippen LogP contribution in [0, 0.1) is 0 Å². The first kappa shape index (κ1) is 7.40. The van der Waals surface area contributed by atoms with Crippen LogP contribution in [0.1, 0.15) is 6.92 Å². The summed E-state index contributed by atoms with van der Waals surface area (Å²) in [6.07, 6.45) is 6.79. The van der Waals surface area contributed by atoms with E-state index >= 15 is 0 Å². The SMILES string of the molecule is CC1=CN2C=CC=C(F)C2N1C. The lowest BCUT2D eigenvalue weighted by atomic mass is 10.3. The molecule has 2 aliphatic heterocycles. The average Bonchev–Trinajstić information content (AvgIpc) is 2.29. The highest BCUT2D eigenvalue weighted by Gasteiger charge is 2.30. The molecular formula is C9H11FN2. The third-order valence-electron chi connectivity index (χ3n) is 2.30. The molecular weight excluding hydrogens is 155 g/mol. The first-order valence-electron chi connectivity index (χ1n) is 3.93. The zero-order valence-electron chi connectivity index (χ0n) is 7.16. The molecule has 64 valence electrons. The highest BCUT2D eigenvalue weighted by atomic mass is 19.1. The molecule has 0 fully saturated rings. The van der Waals surface area contributed by atoms with Gasteiger partial charge in [0.2, 0.25) is 0 Å². The molecule has 2 heterocycles. The second kappa shape index (κ2) is 2.37. The van der Waals surface area contributed by atoms with Crippen LogP contribution in [-0.2, 0) is 0 Å². The van der Waals surface area contributed by atoms with Crippen molar-refractivity contribution in [1.29, 1.82) is 0 Å². The van der Waals surface area contributed by atoms with Crippen LogP contribution in [0.3, 0.4) is 0 Å². The van der Waals surface area contributed by atoms with Gasteiger partial charge < -0.3 is 9.80 Å². The summed E-state index contributed by atoms with van der Waals surface area (Å²) >= 11 is 0. The summed E-state index contributed by atoms with van der Waals surface area (Å²) in [5, 5.41) is 0. The number of rotatable bonds is 0. The van der Waals surface area contributed by atoms with Gasteiger partial charge in [-0.25, -0.2) is 4.39 Å². The van der Waals surface area contributed by atoms with Gasteiger partial charge in [-0.3, -0.25) is 0 Å². The van der Waals surface area contributed by atoms with Crippen molar-refractivity contribution in [3.63, 3.8) is 0 Å². The molecule has 0 aromatic carbocycles. The highest BCUT2D eigenvalue weighted by Crippen LogP contribution is 2.28. The number of fused-ring (bicyclic) bond motifs is 1. The van der Waals surface area contributed by atoms with Gasteiger partial charge >= 0.3 is 0 Å². The Bertz CT molecular complexity index is 291. The van der Waals surface area contributed by atoms with Crippen LogP contribution < -0.4 is 0 Å². The Labute approximate surface area is 71.3 Å². The van der Waals surface area contributed by atoms with Crippen molar-refractivity contribution in [2.75, 3.05) is 7.05 Å². The summed E-state index contributed by atoms with van der Waals surface area (Å²) in [7, 11) is 1.89. The molecule has 1 unspecified atom stereocenters. The summed E-state index contributed by atoms with van der Waals surface area (Å²) in [6.45, 7) is 1.97. The van der Waals surface area contributed by atoms with Gasteiger partial charge in [-0.1, -0.05) is 0 Å². The fourth-order valence-electron chi connectivity index (χ4n) is 1.54. The minimum absolute atomic E-state index is 0.104. The lowest BCUT2D eigenvalue weighted by Crippen LogP contribution is -2.36. The molecule has 0 radical (unpaired) electrons. The van der Waals surface area contributed by atoms with Crippen LogP contribution >= 0.6 is 0 Å². The Hall–Kier alpha value is -1.25. The van der Waals surface area contributed by atoms with E-state index in [1.54, 1.807) is 6.08 Å². The first-order chi connectivity index (χ1) is 5.70. The Morgan fingerprint density at radius 2 is 2.25 bits per heavy atom.